The highest BCUT2D eigenvalue weighted by Crippen LogP contribution is 2.27. The lowest BCUT2D eigenvalue weighted by atomic mass is 10.1. The number of carbonyl (C=O) groups excluding carboxylic acids is 2. The molecule has 3 aromatic rings. The molecule has 3 rings (SSSR count). The Morgan fingerprint density at radius 3 is 2.16 bits per heavy atom. The number of aryl methyl sites for hydroxylation is 1. The van der Waals surface area contributed by atoms with Gasteiger partial charge in [-0.1, -0.05) is 74.0 Å². The van der Waals surface area contributed by atoms with Gasteiger partial charge >= 0.3 is 0 Å². The highest BCUT2D eigenvalue weighted by molar-refractivity contribution is 7.92. The van der Waals surface area contributed by atoms with Crippen LogP contribution in [-0.2, 0) is 26.2 Å². The minimum atomic E-state index is -4.08. The summed E-state index contributed by atoms with van der Waals surface area (Å²) >= 11 is 6.05. The van der Waals surface area contributed by atoms with E-state index in [-0.39, 0.29) is 17.3 Å². The van der Waals surface area contributed by atoms with E-state index in [2.05, 4.69) is 5.32 Å². The second kappa shape index (κ2) is 13.4. The number of rotatable bonds is 12. The third kappa shape index (κ3) is 7.14. The van der Waals surface area contributed by atoms with Crippen LogP contribution in [0.2, 0.25) is 5.02 Å². The molecule has 3 aromatic carbocycles. The SMILES string of the molecule is CCCNC(=O)[C@@H](CC)N(Cc1ccc(Cl)cc1)C(=O)CN(c1ccccc1C)S(=O)(=O)c1ccccc1. The first-order valence-corrected chi connectivity index (χ1v) is 14.5. The van der Waals surface area contributed by atoms with Gasteiger partial charge < -0.3 is 10.2 Å². The van der Waals surface area contributed by atoms with Crippen LogP contribution >= 0.6 is 11.6 Å². The molecule has 2 amide bonds. The second-order valence-corrected chi connectivity index (χ2v) is 11.3. The first kappa shape index (κ1) is 29.2. The maximum atomic E-state index is 14.0. The van der Waals surface area contributed by atoms with Crippen molar-refractivity contribution in [1.29, 1.82) is 0 Å². The van der Waals surface area contributed by atoms with Crippen molar-refractivity contribution in [2.24, 2.45) is 0 Å². The lowest BCUT2D eigenvalue weighted by Gasteiger charge is -2.33. The molecule has 0 fully saturated rings. The highest BCUT2D eigenvalue weighted by Gasteiger charge is 2.34. The fourth-order valence-corrected chi connectivity index (χ4v) is 5.77. The predicted molar refractivity (Wildman–Crippen MR) is 152 cm³/mol. The molecule has 0 saturated heterocycles. The molecule has 38 heavy (non-hydrogen) atoms. The van der Waals surface area contributed by atoms with Gasteiger partial charge in [0.15, 0.2) is 0 Å². The highest BCUT2D eigenvalue weighted by atomic mass is 35.5. The van der Waals surface area contributed by atoms with Gasteiger partial charge in [-0.05, 0) is 61.2 Å². The van der Waals surface area contributed by atoms with Crippen molar-refractivity contribution >= 4 is 39.1 Å². The summed E-state index contributed by atoms with van der Waals surface area (Å²) in [6, 6.07) is 21.3. The number of amides is 2. The summed E-state index contributed by atoms with van der Waals surface area (Å²) in [6.45, 7) is 5.72. The predicted octanol–water partition coefficient (Wildman–Crippen LogP) is 5.18. The minimum absolute atomic E-state index is 0.0769. The van der Waals surface area contributed by atoms with Crippen molar-refractivity contribution in [1.82, 2.24) is 10.2 Å². The number of nitrogens with one attached hydrogen (secondary N) is 1. The zero-order chi connectivity index (χ0) is 27.7. The van der Waals surface area contributed by atoms with E-state index in [0.29, 0.717) is 29.2 Å². The molecule has 7 nitrogen and oxygen atoms in total. The van der Waals surface area contributed by atoms with Crippen LogP contribution in [0.3, 0.4) is 0 Å². The smallest absolute Gasteiger partial charge is 0.264 e. The van der Waals surface area contributed by atoms with Gasteiger partial charge in [-0.15, -0.1) is 0 Å². The molecule has 9 heteroatoms. The Bertz CT molecular complexity index is 1330. The molecular formula is C29H34ClN3O4S. The largest absolute Gasteiger partial charge is 0.354 e. The van der Waals surface area contributed by atoms with Gasteiger partial charge in [-0.2, -0.15) is 0 Å². The van der Waals surface area contributed by atoms with Crippen molar-refractivity contribution in [2.75, 3.05) is 17.4 Å². The van der Waals surface area contributed by atoms with Crippen molar-refractivity contribution < 1.29 is 18.0 Å². The van der Waals surface area contributed by atoms with E-state index in [0.717, 1.165) is 16.3 Å². The Labute approximate surface area is 230 Å². The van der Waals surface area contributed by atoms with E-state index in [1.165, 1.54) is 17.0 Å². The second-order valence-electron chi connectivity index (χ2n) is 8.97. The number of anilines is 1. The Morgan fingerprint density at radius 1 is 0.921 bits per heavy atom. The number of nitrogens with zero attached hydrogens (tertiary/aromatic N) is 2. The molecule has 0 aliphatic carbocycles. The van der Waals surface area contributed by atoms with E-state index in [9.17, 15) is 18.0 Å². The number of hydrogen-bond donors (Lipinski definition) is 1. The summed E-state index contributed by atoms with van der Waals surface area (Å²) in [6.07, 6.45) is 1.12. The van der Waals surface area contributed by atoms with Gasteiger partial charge in [-0.25, -0.2) is 8.42 Å². The van der Waals surface area contributed by atoms with Crippen LogP contribution in [0.1, 0.15) is 37.8 Å². The number of benzene rings is 3. The minimum Gasteiger partial charge on any atom is -0.354 e. The first-order chi connectivity index (χ1) is 18.2. The lowest BCUT2D eigenvalue weighted by Crippen LogP contribution is -2.52. The summed E-state index contributed by atoms with van der Waals surface area (Å²) < 4.78 is 28.8. The topological polar surface area (TPSA) is 86.8 Å². The van der Waals surface area contributed by atoms with Crippen LogP contribution in [0, 0.1) is 6.92 Å². The molecule has 0 radical (unpaired) electrons. The molecule has 0 spiro atoms. The molecule has 0 heterocycles. The number of halogens is 1. The molecule has 1 N–H and O–H groups in total. The molecule has 0 aliphatic rings. The summed E-state index contributed by atoms with van der Waals surface area (Å²) in [4.78, 5) is 28.6. The van der Waals surface area contributed by atoms with E-state index in [4.69, 9.17) is 11.6 Å². The van der Waals surface area contributed by atoms with Crippen LogP contribution in [0.4, 0.5) is 5.69 Å². The normalized spacial score (nSPS) is 12.0. The maximum Gasteiger partial charge on any atom is 0.264 e. The summed E-state index contributed by atoms with van der Waals surface area (Å²) in [5, 5.41) is 3.43. The average Bonchev–Trinajstić information content (AvgIpc) is 2.92. The summed E-state index contributed by atoms with van der Waals surface area (Å²) in [5.74, 6) is -0.758. The van der Waals surface area contributed by atoms with E-state index < -0.39 is 28.5 Å². The third-order valence-corrected chi connectivity index (χ3v) is 8.22. The Kier molecular flexibility index (Phi) is 10.3. The van der Waals surface area contributed by atoms with Gasteiger partial charge in [0.25, 0.3) is 10.0 Å². The fraction of sp³-hybridized carbons (Fsp3) is 0.310. The molecule has 0 aliphatic heterocycles. The van der Waals surface area contributed by atoms with E-state index in [1.54, 1.807) is 67.6 Å². The van der Waals surface area contributed by atoms with Crippen molar-refractivity contribution in [3.05, 3.63) is 95.0 Å². The van der Waals surface area contributed by atoms with Gasteiger partial charge in [0, 0.05) is 18.1 Å². The number of hydrogen-bond acceptors (Lipinski definition) is 4. The molecule has 0 unspecified atom stereocenters. The van der Waals surface area contributed by atoms with E-state index >= 15 is 0 Å². The summed E-state index contributed by atoms with van der Waals surface area (Å²) in [7, 11) is -4.08. The Morgan fingerprint density at radius 2 is 1.55 bits per heavy atom. The molecule has 202 valence electrons. The molecule has 0 aromatic heterocycles. The molecular weight excluding hydrogens is 522 g/mol. The van der Waals surface area contributed by atoms with Gasteiger partial charge in [0.2, 0.25) is 11.8 Å². The summed E-state index contributed by atoms with van der Waals surface area (Å²) in [5.41, 5.74) is 1.88. The van der Waals surface area contributed by atoms with Crippen LogP contribution in [0.15, 0.2) is 83.8 Å². The third-order valence-electron chi connectivity index (χ3n) is 6.20. The zero-order valence-electron chi connectivity index (χ0n) is 21.9. The van der Waals surface area contributed by atoms with E-state index in [1.807, 2.05) is 19.9 Å². The molecule has 1 atom stereocenters. The average molecular weight is 556 g/mol. The van der Waals surface area contributed by atoms with Crippen LogP contribution in [-0.4, -0.2) is 44.3 Å². The molecule has 0 bridgehead atoms. The number of para-hydroxylation sites is 1. The molecule has 0 saturated carbocycles. The monoisotopic (exact) mass is 555 g/mol. The number of carbonyl (C=O) groups is 2. The van der Waals surface area contributed by atoms with Crippen molar-refractivity contribution in [3.8, 4) is 0 Å². The number of sulfonamides is 1. The van der Waals surface area contributed by atoms with Crippen LogP contribution in [0.5, 0.6) is 0 Å². The standard InChI is InChI=1S/C29H34ClN3O4S/c1-4-19-31-29(35)26(5-2)32(20-23-15-17-24(30)18-16-23)28(34)21-33(27-14-10-9-11-22(27)3)38(36,37)25-12-7-6-8-13-25/h6-18,26H,4-5,19-21H2,1-3H3,(H,31,35)/t26-/m1/s1. The Balaban J connectivity index is 2.04. The fourth-order valence-electron chi connectivity index (χ4n) is 4.15. The van der Waals surface area contributed by atoms with Crippen molar-refractivity contribution in [3.63, 3.8) is 0 Å². The van der Waals surface area contributed by atoms with Crippen molar-refractivity contribution in [2.45, 2.75) is 51.1 Å². The van der Waals surface area contributed by atoms with Crippen LogP contribution < -0.4 is 9.62 Å². The lowest BCUT2D eigenvalue weighted by molar-refractivity contribution is -0.140. The Hall–Kier alpha value is -3.36. The first-order valence-electron chi connectivity index (χ1n) is 12.6. The zero-order valence-corrected chi connectivity index (χ0v) is 23.5. The quantitative estimate of drug-likeness (QED) is 0.334. The van der Waals surface area contributed by atoms with Gasteiger partial charge in [-0.3, -0.25) is 13.9 Å². The maximum absolute atomic E-state index is 14.0. The van der Waals surface area contributed by atoms with Crippen LogP contribution in [0.25, 0.3) is 0 Å². The van der Waals surface area contributed by atoms with Gasteiger partial charge in [0.05, 0.1) is 10.6 Å². The van der Waals surface area contributed by atoms with Gasteiger partial charge in [0.1, 0.15) is 12.6 Å².